The number of aryl methyl sites for hydroxylation is 1. The molecule has 4 rings (SSSR count). The molecular weight excluding hydrogens is 299 g/mol. The molecule has 2 aromatic heterocycles. The van der Waals surface area contributed by atoms with Gasteiger partial charge in [-0.25, -0.2) is 24.0 Å². The van der Waals surface area contributed by atoms with Crippen molar-refractivity contribution in [1.82, 2.24) is 24.7 Å². The Hall–Kier alpha value is -2.77. The van der Waals surface area contributed by atoms with Crippen molar-refractivity contribution in [1.29, 1.82) is 0 Å². The molecule has 1 N–H and O–H groups in total. The van der Waals surface area contributed by atoms with Gasteiger partial charge in [0.25, 0.3) is 0 Å². The van der Waals surface area contributed by atoms with Gasteiger partial charge in [0.1, 0.15) is 24.3 Å². The molecule has 3 aromatic rings. The number of ether oxygens (including phenoxy) is 1. The zero-order valence-corrected chi connectivity index (χ0v) is 12.5. The second kappa shape index (κ2) is 5.45. The van der Waals surface area contributed by atoms with Gasteiger partial charge < -0.3 is 10.1 Å². The summed E-state index contributed by atoms with van der Waals surface area (Å²) in [6.45, 7) is 0.872. The van der Waals surface area contributed by atoms with Crippen molar-refractivity contribution in [3.63, 3.8) is 0 Å². The highest BCUT2D eigenvalue weighted by Crippen LogP contribution is 2.31. The van der Waals surface area contributed by atoms with E-state index in [-0.39, 0.29) is 11.8 Å². The Bertz CT molecular complexity index is 864. The first-order valence-corrected chi connectivity index (χ1v) is 7.39. The van der Waals surface area contributed by atoms with Gasteiger partial charge in [-0.2, -0.15) is 5.10 Å². The van der Waals surface area contributed by atoms with Gasteiger partial charge in [-0.3, -0.25) is 0 Å². The van der Waals surface area contributed by atoms with E-state index in [1.165, 1.54) is 19.5 Å². The molecule has 0 bridgehead atoms. The van der Waals surface area contributed by atoms with Crippen LogP contribution in [0, 0.1) is 5.82 Å². The van der Waals surface area contributed by atoms with Gasteiger partial charge in [0.05, 0.1) is 18.7 Å². The zero-order valence-electron chi connectivity index (χ0n) is 12.5. The third-order valence-electron chi connectivity index (χ3n) is 4.04. The van der Waals surface area contributed by atoms with Crippen LogP contribution in [-0.4, -0.2) is 31.8 Å². The molecule has 0 spiro atoms. The summed E-state index contributed by atoms with van der Waals surface area (Å²) in [5, 5.41) is 8.31. The molecule has 7 nitrogen and oxygen atoms in total. The van der Waals surface area contributed by atoms with Gasteiger partial charge in [-0.05, 0) is 18.9 Å². The number of benzene rings is 1. The highest BCUT2D eigenvalue weighted by molar-refractivity contribution is 5.90. The van der Waals surface area contributed by atoms with E-state index < -0.39 is 5.82 Å². The highest BCUT2D eigenvalue weighted by atomic mass is 19.1. The number of aromatic nitrogens is 5. The Labute approximate surface area is 131 Å². The Morgan fingerprint density at radius 3 is 3.04 bits per heavy atom. The summed E-state index contributed by atoms with van der Waals surface area (Å²) in [5.41, 5.74) is 0.526. The fraction of sp³-hybridized carbons (Fsp3) is 0.333. The lowest BCUT2D eigenvalue weighted by atomic mass is 10.1. The maximum absolute atomic E-state index is 13.8. The van der Waals surface area contributed by atoms with Crippen molar-refractivity contribution in [2.45, 2.75) is 25.4 Å². The molecule has 3 heterocycles. The normalized spacial score (nSPS) is 17.0. The summed E-state index contributed by atoms with van der Waals surface area (Å²) >= 11 is 0. The smallest absolute Gasteiger partial charge is 0.167 e. The number of nitrogens with one attached hydrogen (secondary N) is 1. The Morgan fingerprint density at radius 2 is 2.17 bits per heavy atom. The van der Waals surface area contributed by atoms with Gasteiger partial charge in [-0.1, -0.05) is 0 Å². The lowest BCUT2D eigenvalue weighted by molar-refractivity contribution is 0.387. The van der Waals surface area contributed by atoms with E-state index in [1.54, 1.807) is 12.4 Å². The maximum atomic E-state index is 13.8. The van der Waals surface area contributed by atoms with Crippen LogP contribution in [0.25, 0.3) is 10.9 Å². The van der Waals surface area contributed by atoms with Crippen molar-refractivity contribution in [2.24, 2.45) is 0 Å². The zero-order chi connectivity index (χ0) is 15.8. The Kier molecular flexibility index (Phi) is 3.29. The molecule has 1 aromatic carbocycles. The molecule has 8 heteroatoms. The molecule has 1 aliphatic rings. The summed E-state index contributed by atoms with van der Waals surface area (Å²) < 4.78 is 20.8. The minimum absolute atomic E-state index is 0.0143. The van der Waals surface area contributed by atoms with Crippen LogP contribution >= 0.6 is 0 Å². The fourth-order valence-electron chi connectivity index (χ4n) is 2.92. The van der Waals surface area contributed by atoms with E-state index in [0.717, 1.165) is 25.2 Å². The van der Waals surface area contributed by atoms with Gasteiger partial charge in [0.15, 0.2) is 11.6 Å². The van der Waals surface area contributed by atoms with Crippen LogP contribution in [0.2, 0.25) is 0 Å². The van der Waals surface area contributed by atoms with Crippen molar-refractivity contribution in [3.05, 3.63) is 36.4 Å². The molecule has 1 atom stereocenters. The number of hydrogen-bond donors (Lipinski definition) is 1. The van der Waals surface area contributed by atoms with Crippen LogP contribution in [0.3, 0.4) is 0 Å². The minimum Gasteiger partial charge on any atom is -0.494 e. The molecule has 23 heavy (non-hydrogen) atoms. The van der Waals surface area contributed by atoms with Crippen LogP contribution < -0.4 is 10.1 Å². The summed E-state index contributed by atoms with van der Waals surface area (Å²) in [7, 11) is 1.44. The highest BCUT2D eigenvalue weighted by Gasteiger charge is 2.23. The molecule has 0 saturated heterocycles. The summed E-state index contributed by atoms with van der Waals surface area (Å²) in [4.78, 5) is 12.8. The third-order valence-corrected chi connectivity index (χ3v) is 4.04. The fourth-order valence-corrected chi connectivity index (χ4v) is 2.92. The topological polar surface area (TPSA) is 77.8 Å². The van der Waals surface area contributed by atoms with Gasteiger partial charge >= 0.3 is 0 Å². The number of methoxy groups -OCH3 is 1. The predicted octanol–water partition coefficient (Wildman–Crippen LogP) is 2.32. The van der Waals surface area contributed by atoms with Crippen LogP contribution in [-0.2, 0) is 6.54 Å². The first-order chi connectivity index (χ1) is 11.3. The molecule has 0 saturated carbocycles. The first kappa shape index (κ1) is 13.9. The van der Waals surface area contributed by atoms with Gasteiger partial charge in [0, 0.05) is 18.0 Å². The quantitative estimate of drug-likeness (QED) is 0.799. The van der Waals surface area contributed by atoms with E-state index in [4.69, 9.17) is 4.74 Å². The van der Waals surface area contributed by atoms with Gasteiger partial charge in [-0.15, -0.1) is 0 Å². The number of fused-ring (bicyclic) bond motifs is 2. The average Bonchev–Trinajstić information content (AvgIpc) is 3.04. The van der Waals surface area contributed by atoms with Crippen molar-refractivity contribution in [2.75, 3.05) is 12.4 Å². The van der Waals surface area contributed by atoms with Crippen LogP contribution in [0.15, 0.2) is 24.8 Å². The maximum Gasteiger partial charge on any atom is 0.167 e. The van der Waals surface area contributed by atoms with E-state index in [2.05, 4.69) is 25.4 Å². The number of hydrogen-bond acceptors (Lipinski definition) is 6. The summed E-state index contributed by atoms with van der Waals surface area (Å²) in [6.07, 6.45) is 4.92. The second-order valence-corrected chi connectivity index (χ2v) is 5.41. The molecule has 1 unspecified atom stereocenters. The van der Waals surface area contributed by atoms with Crippen LogP contribution in [0.5, 0.6) is 5.75 Å². The monoisotopic (exact) mass is 314 g/mol. The number of anilines is 1. The lowest BCUT2D eigenvalue weighted by Gasteiger charge is -2.24. The van der Waals surface area contributed by atoms with E-state index in [9.17, 15) is 4.39 Å². The van der Waals surface area contributed by atoms with E-state index in [1.807, 2.05) is 4.68 Å². The van der Waals surface area contributed by atoms with Crippen LogP contribution in [0.1, 0.15) is 24.7 Å². The number of halogens is 1. The second-order valence-electron chi connectivity index (χ2n) is 5.41. The number of rotatable bonds is 3. The van der Waals surface area contributed by atoms with Crippen molar-refractivity contribution < 1.29 is 9.13 Å². The molecule has 0 radical (unpaired) electrons. The van der Waals surface area contributed by atoms with E-state index in [0.29, 0.717) is 16.7 Å². The molecular formula is C15H15FN6O. The largest absolute Gasteiger partial charge is 0.494 e. The van der Waals surface area contributed by atoms with E-state index >= 15 is 0 Å². The molecule has 0 fully saturated rings. The SMILES string of the molecule is COc1cc2c(NC3CCCn4ncnc43)ncnc2cc1F. The van der Waals surface area contributed by atoms with Gasteiger partial charge in [0.2, 0.25) is 0 Å². The Balaban J connectivity index is 1.75. The summed E-state index contributed by atoms with van der Waals surface area (Å²) in [6, 6.07) is 2.98. The van der Waals surface area contributed by atoms with Crippen LogP contribution in [0.4, 0.5) is 10.2 Å². The van der Waals surface area contributed by atoms with Crippen molar-refractivity contribution in [3.8, 4) is 5.75 Å². The molecule has 1 aliphatic heterocycles. The Morgan fingerprint density at radius 1 is 1.26 bits per heavy atom. The molecule has 118 valence electrons. The summed E-state index contributed by atoms with van der Waals surface area (Å²) in [5.74, 6) is 1.25. The molecule has 0 aliphatic carbocycles. The lowest BCUT2D eigenvalue weighted by Crippen LogP contribution is -2.23. The van der Waals surface area contributed by atoms with Crippen molar-refractivity contribution >= 4 is 16.7 Å². The standard InChI is InChI=1S/C15H15FN6O/c1-23-13-5-9-12(6-10(13)16)17-7-18-14(9)21-11-3-2-4-22-15(11)19-8-20-22/h5-8,11H,2-4H2,1H3,(H,17,18,21). The first-order valence-electron chi connectivity index (χ1n) is 7.39. The average molecular weight is 314 g/mol. The molecule has 0 amide bonds. The third kappa shape index (κ3) is 2.36. The number of nitrogens with zero attached hydrogens (tertiary/aromatic N) is 5. The minimum atomic E-state index is -0.443. The predicted molar refractivity (Wildman–Crippen MR) is 81.7 cm³/mol.